The van der Waals surface area contributed by atoms with Crippen LogP contribution in [0, 0.1) is 5.82 Å². The van der Waals surface area contributed by atoms with Gasteiger partial charge in [0.05, 0.1) is 17.3 Å². The molecule has 0 saturated carbocycles. The van der Waals surface area contributed by atoms with E-state index < -0.39 is 0 Å². The first-order valence-corrected chi connectivity index (χ1v) is 5.59. The monoisotopic (exact) mass is 256 g/mol. The van der Waals surface area contributed by atoms with Crippen LogP contribution in [0.5, 0.6) is 0 Å². The third-order valence-corrected chi connectivity index (χ3v) is 2.71. The van der Waals surface area contributed by atoms with Gasteiger partial charge in [-0.3, -0.25) is 9.89 Å². The van der Waals surface area contributed by atoms with E-state index in [1.165, 1.54) is 24.3 Å². The Bertz CT molecular complexity index is 736. The molecular weight excluding hydrogens is 247 g/mol. The van der Waals surface area contributed by atoms with Crippen LogP contribution in [0.15, 0.2) is 42.7 Å². The van der Waals surface area contributed by atoms with Crippen molar-refractivity contribution in [3.63, 3.8) is 0 Å². The normalized spacial score (nSPS) is 10.6. The van der Waals surface area contributed by atoms with Crippen molar-refractivity contribution in [1.29, 1.82) is 0 Å². The molecule has 0 spiro atoms. The van der Waals surface area contributed by atoms with Crippen molar-refractivity contribution in [3.8, 4) is 0 Å². The van der Waals surface area contributed by atoms with Crippen LogP contribution in [0.2, 0.25) is 0 Å². The molecule has 0 aliphatic carbocycles. The van der Waals surface area contributed by atoms with E-state index in [0.717, 1.165) is 5.39 Å². The van der Waals surface area contributed by atoms with E-state index in [1.807, 2.05) is 0 Å². The van der Waals surface area contributed by atoms with Crippen molar-refractivity contribution in [1.82, 2.24) is 15.2 Å². The summed E-state index contributed by atoms with van der Waals surface area (Å²) in [6, 6.07) is 7.03. The summed E-state index contributed by atoms with van der Waals surface area (Å²) in [6.07, 6.45) is 3.16. The number of hydrogen-bond acceptors (Lipinski definition) is 3. The number of carbonyl (C=O) groups is 1. The molecule has 0 aliphatic rings. The number of pyridine rings is 1. The summed E-state index contributed by atoms with van der Waals surface area (Å²) < 4.78 is 12.8. The van der Waals surface area contributed by atoms with Gasteiger partial charge in [-0.25, -0.2) is 9.37 Å². The van der Waals surface area contributed by atoms with Gasteiger partial charge in [0.2, 0.25) is 0 Å². The largest absolute Gasteiger partial charge is 0.321 e. The Kier molecular flexibility index (Phi) is 2.68. The highest BCUT2D eigenvalue weighted by Gasteiger charge is 2.09. The molecule has 2 N–H and O–H groups in total. The maximum absolute atomic E-state index is 12.8. The van der Waals surface area contributed by atoms with Gasteiger partial charge in [-0.05, 0) is 30.3 Å². The molecule has 19 heavy (non-hydrogen) atoms. The van der Waals surface area contributed by atoms with E-state index in [2.05, 4.69) is 20.5 Å². The second kappa shape index (κ2) is 4.49. The maximum Gasteiger partial charge on any atom is 0.255 e. The fourth-order valence-electron chi connectivity index (χ4n) is 1.76. The number of H-pyrrole nitrogens is 1. The predicted molar refractivity (Wildman–Crippen MR) is 68.2 cm³/mol. The third kappa shape index (κ3) is 2.15. The fraction of sp³-hybridized carbons (Fsp3) is 0. The SMILES string of the molecule is O=C(Nc1ccnc2[nH]ncc12)c1ccc(F)cc1. The molecule has 5 nitrogen and oxygen atoms in total. The number of rotatable bonds is 2. The Morgan fingerprint density at radius 1 is 1.21 bits per heavy atom. The van der Waals surface area contributed by atoms with Gasteiger partial charge in [-0.15, -0.1) is 0 Å². The van der Waals surface area contributed by atoms with Crippen LogP contribution >= 0.6 is 0 Å². The van der Waals surface area contributed by atoms with Crippen molar-refractivity contribution in [3.05, 3.63) is 54.1 Å². The van der Waals surface area contributed by atoms with Crippen molar-refractivity contribution in [2.45, 2.75) is 0 Å². The molecule has 0 radical (unpaired) electrons. The summed E-state index contributed by atoms with van der Waals surface area (Å²) in [5.41, 5.74) is 1.58. The molecule has 1 amide bonds. The molecule has 2 heterocycles. The van der Waals surface area contributed by atoms with Crippen molar-refractivity contribution in [2.24, 2.45) is 0 Å². The molecule has 3 aromatic rings. The Labute approximate surface area is 107 Å². The molecule has 94 valence electrons. The van der Waals surface area contributed by atoms with Crippen LogP contribution < -0.4 is 5.32 Å². The highest BCUT2D eigenvalue weighted by atomic mass is 19.1. The van der Waals surface area contributed by atoms with Crippen LogP contribution in [0.3, 0.4) is 0 Å². The van der Waals surface area contributed by atoms with Gasteiger partial charge in [0.15, 0.2) is 5.65 Å². The average Bonchev–Trinajstić information content (AvgIpc) is 2.89. The summed E-state index contributed by atoms with van der Waals surface area (Å²) in [5, 5.41) is 10.0. The Hall–Kier alpha value is -2.76. The smallest absolute Gasteiger partial charge is 0.255 e. The number of carbonyl (C=O) groups excluding carboxylic acids is 1. The fourth-order valence-corrected chi connectivity index (χ4v) is 1.76. The highest BCUT2D eigenvalue weighted by Crippen LogP contribution is 2.19. The molecule has 0 unspecified atom stereocenters. The second-order valence-electron chi connectivity index (χ2n) is 3.95. The van der Waals surface area contributed by atoms with E-state index in [-0.39, 0.29) is 11.7 Å². The summed E-state index contributed by atoms with van der Waals surface area (Å²) >= 11 is 0. The lowest BCUT2D eigenvalue weighted by Gasteiger charge is -2.05. The van der Waals surface area contributed by atoms with Crippen molar-refractivity contribution in [2.75, 3.05) is 5.32 Å². The van der Waals surface area contributed by atoms with E-state index in [0.29, 0.717) is 16.9 Å². The first kappa shape index (κ1) is 11.3. The molecular formula is C13H9FN4O. The highest BCUT2D eigenvalue weighted by molar-refractivity contribution is 6.08. The molecule has 0 saturated heterocycles. The van der Waals surface area contributed by atoms with Crippen LogP contribution in [-0.4, -0.2) is 21.1 Å². The minimum Gasteiger partial charge on any atom is -0.321 e. The molecule has 2 aromatic heterocycles. The third-order valence-electron chi connectivity index (χ3n) is 2.71. The Morgan fingerprint density at radius 2 is 2.00 bits per heavy atom. The number of aromatic amines is 1. The quantitative estimate of drug-likeness (QED) is 0.739. The summed E-state index contributed by atoms with van der Waals surface area (Å²) in [6.45, 7) is 0. The predicted octanol–water partition coefficient (Wildman–Crippen LogP) is 2.35. The second-order valence-corrected chi connectivity index (χ2v) is 3.95. The minimum absolute atomic E-state index is 0.311. The summed E-state index contributed by atoms with van der Waals surface area (Å²) in [5.74, 6) is -0.689. The van der Waals surface area contributed by atoms with Crippen LogP contribution in [-0.2, 0) is 0 Å². The topological polar surface area (TPSA) is 70.7 Å². The molecule has 0 aliphatic heterocycles. The number of hydrogen-bond donors (Lipinski definition) is 2. The van der Waals surface area contributed by atoms with Crippen LogP contribution in [0.4, 0.5) is 10.1 Å². The number of halogens is 1. The number of nitrogens with zero attached hydrogens (tertiary/aromatic N) is 2. The van der Waals surface area contributed by atoms with Gasteiger partial charge in [-0.2, -0.15) is 5.10 Å². The zero-order chi connectivity index (χ0) is 13.2. The van der Waals surface area contributed by atoms with Gasteiger partial charge in [-0.1, -0.05) is 0 Å². The lowest BCUT2D eigenvalue weighted by molar-refractivity contribution is 0.102. The van der Waals surface area contributed by atoms with Gasteiger partial charge >= 0.3 is 0 Å². The van der Waals surface area contributed by atoms with Gasteiger partial charge in [0.25, 0.3) is 5.91 Å². The van der Waals surface area contributed by atoms with E-state index in [9.17, 15) is 9.18 Å². The number of fused-ring (bicyclic) bond motifs is 1. The number of benzene rings is 1. The van der Waals surface area contributed by atoms with Crippen molar-refractivity contribution < 1.29 is 9.18 Å². The summed E-state index contributed by atoms with van der Waals surface area (Å²) in [4.78, 5) is 16.1. The molecule has 1 aromatic carbocycles. The van der Waals surface area contributed by atoms with Crippen molar-refractivity contribution >= 4 is 22.6 Å². The van der Waals surface area contributed by atoms with E-state index >= 15 is 0 Å². The zero-order valence-electron chi connectivity index (χ0n) is 9.72. The minimum atomic E-state index is -0.377. The number of amides is 1. The van der Waals surface area contributed by atoms with Gasteiger partial charge in [0, 0.05) is 11.8 Å². The maximum atomic E-state index is 12.8. The van der Waals surface area contributed by atoms with E-state index in [4.69, 9.17) is 0 Å². The number of nitrogens with one attached hydrogen (secondary N) is 2. The lowest BCUT2D eigenvalue weighted by atomic mass is 10.2. The first-order valence-electron chi connectivity index (χ1n) is 5.59. The molecule has 3 rings (SSSR count). The average molecular weight is 256 g/mol. The lowest BCUT2D eigenvalue weighted by Crippen LogP contribution is -2.12. The van der Waals surface area contributed by atoms with Gasteiger partial charge in [0.1, 0.15) is 5.82 Å². The van der Waals surface area contributed by atoms with Gasteiger partial charge < -0.3 is 5.32 Å². The summed E-state index contributed by atoms with van der Waals surface area (Å²) in [7, 11) is 0. The first-order chi connectivity index (χ1) is 9.24. The molecule has 6 heteroatoms. The Balaban J connectivity index is 1.90. The number of anilines is 1. The standard InChI is InChI=1S/C13H9FN4O/c14-9-3-1-8(2-4-9)13(19)17-11-5-6-15-12-10(11)7-16-18-12/h1-7H,(H2,15,16,17,18,19). The molecule has 0 atom stereocenters. The zero-order valence-corrected chi connectivity index (χ0v) is 9.72. The molecule has 0 fully saturated rings. The molecule has 0 bridgehead atoms. The van der Waals surface area contributed by atoms with Crippen LogP contribution in [0.1, 0.15) is 10.4 Å². The number of aromatic nitrogens is 3. The Morgan fingerprint density at radius 3 is 2.79 bits per heavy atom. The van der Waals surface area contributed by atoms with E-state index in [1.54, 1.807) is 18.5 Å². The van der Waals surface area contributed by atoms with Crippen LogP contribution in [0.25, 0.3) is 11.0 Å².